The molecule has 1 saturated carbocycles. The summed E-state index contributed by atoms with van der Waals surface area (Å²) in [5, 5.41) is 2.36. The van der Waals surface area contributed by atoms with Gasteiger partial charge in [-0.05, 0) is 18.1 Å². The van der Waals surface area contributed by atoms with Crippen molar-refractivity contribution < 1.29 is 14.4 Å². The number of aliphatic imine (C=N–C) groups is 1. The van der Waals surface area contributed by atoms with Crippen LogP contribution >= 0.6 is 0 Å². The van der Waals surface area contributed by atoms with Gasteiger partial charge in [-0.2, -0.15) is 4.99 Å². The van der Waals surface area contributed by atoms with Gasteiger partial charge in [0.25, 0.3) is 0 Å². The molecule has 4 atom stereocenters. The van der Waals surface area contributed by atoms with Crippen molar-refractivity contribution in [1.29, 1.82) is 0 Å². The molecule has 4 rings (SSSR count). The van der Waals surface area contributed by atoms with E-state index in [-0.39, 0.29) is 18.0 Å². The van der Waals surface area contributed by atoms with Crippen molar-refractivity contribution in [1.82, 2.24) is 5.32 Å². The fraction of sp³-hybridized carbons (Fsp3) is 0.304. The summed E-state index contributed by atoms with van der Waals surface area (Å²) in [5.74, 6) is -1.96. The van der Waals surface area contributed by atoms with E-state index in [1.54, 1.807) is 0 Å². The highest BCUT2D eigenvalue weighted by molar-refractivity contribution is 6.20. The molecule has 2 aromatic carbocycles. The molecule has 2 aromatic rings. The Bertz CT molecular complexity index is 1010. The van der Waals surface area contributed by atoms with Gasteiger partial charge in [-0.3, -0.25) is 14.9 Å². The number of carbonyl (C=O) groups excluding carboxylic acids is 3. The van der Waals surface area contributed by atoms with Crippen LogP contribution in [0.2, 0.25) is 0 Å². The minimum absolute atomic E-state index is 0.0231. The summed E-state index contributed by atoms with van der Waals surface area (Å²) in [6, 6.07) is 16.4. The number of benzene rings is 2. The monoisotopic (exact) mass is 389 g/mol. The molecule has 1 fully saturated rings. The third-order valence-electron chi connectivity index (χ3n) is 6.33. The van der Waals surface area contributed by atoms with Crippen LogP contribution < -0.4 is 11.1 Å². The number of ketones is 1. The van der Waals surface area contributed by atoms with Crippen molar-refractivity contribution >= 4 is 23.6 Å². The second-order valence-corrected chi connectivity index (χ2v) is 7.94. The molecule has 0 radical (unpaired) electrons. The number of nitrogens with two attached hydrogens (primary N) is 1. The molecule has 2 aliphatic rings. The SMILES string of the molecule is Cc1ccc([C@H]2CC(=O)[C@H](C)[C@@H](c3ccccc3)C23C(=O)NC(=O)N=C3N)cc1. The molecule has 0 aromatic heterocycles. The zero-order valence-corrected chi connectivity index (χ0v) is 16.4. The van der Waals surface area contributed by atoms with E-state index < -0.39 is 35.1 Å². The first-order valence-corrected chi connectivity index (χ1v) is 9.70. The van der Waals surface area contributed by atoms with Crippen LogP contribution in [0.5, 0.6) is 0 Å². The molecule has 1 aliphatic heterocycles. The molecule has 1 unspecified atom stereocenters. The van der Waals surface area contributed by atoms with Crippen molar-refractivity contribution in [3.63, 3.8) is 0 Å². The summed E-state index contributed by atoms with van der Waals surface area (Å²) < 4.78 is 0. The zero-order valence-electron chi connectivity index (χ0n) is 16.4. The number of amides is 3. The van der Waals surface area contributed by atoms with Gasteiger partial charge in [-0.15, -0.1) is 0 Å². The Morgan fingerprint density at radius 3 is 2.28 bits per heavy atom. The van der Waals surface area contributed by atoms with E-state index in [4.69, 9.17) is 5.73 Å². The Morgan fingerprint density at radius 1 is 1.00 bits per heavy atom. The smallest absolute Gasteiger partial charge is 0.349 e. The van der Waals surface area contributed by atoms with Crippen LogP contribution in [0.25, 0.3) is 0 Å². The minimum Gasteiger partial charge on any atom is -0.386 e. The molecule has 1 heterocycles. The molecular formula is C23H23N3O3. The van der Waals surface area contributed by atoms with E-state index in [0.29, 0.717) is 0 Å². The number of nitrogens with one attached hydrogen (secondary N) is 1. The van der Waals surface area contributed by atoms with Crippen LogP contribution in [0.3, 0.4) is 0 Å². The van der Waals surface area contributed by atoms with Crippen molar-refractivity contribution in [2.24, 2.45) is 22.1 Å². The third-order valence-corrected chi connectivity index (χ3v) is 6.33. The lowest BCUT2D eigenvalue weighted by molar-refractivity contribution is -0.136. The molecule has 1 aliphatic carbocycles. The standard InChI is InChI=1S/C23H23N3O3/c1-13-8-10-15(11-9-13)17-12-18(27)14(2)19(16-6-4-3-5-7-16)23(17)20(24)25-22(29)26-21(23)28/h3-11,14,17,19H,12H2,1-2H3,(H3,24,25,26,28,29)/t14-,17+,19-,23?/m0/s1. The molecule has 0 saturated heterocycles. The van der Waals surface area contributed by atoms with E-state index in [0.717, 1.165) is 16.7 Å². The number of carbonyl (C=O) groups is 3. The summed E-state index contributed by atoms with van der Waals surface area (Å²) in [7, 11) is 0. The van der Waals surface area contributed by atoms with Crippen LogP contribution in [-0.4, -0.2) is 23.6 Å². The maximum absolute atomic E-state index is 13.5. The van der Waals surface area contributed by atoms with Crippen molar-refractivity contribution in [3.05, 3.63) is 71.3 Å². The number of nitrogens with zero attached hydrogens (tertiary/aromatic N) is 1. The van der Waals surface area contributed by atoms with Crippen LogP contribution in [-0.2, 0) is 9.59 Å². The number of hydrogen-bond donors (Lipinski definition) is 2. The summed E-state index contributed by atoms with van der Waals surface area (Å²) in [4.78, 5) is 42.4. The second kappa shape index (κ2) is 6.95. The summed E-state index contributed by atoms with van der Waals surface area (Å²) in [5.41, 5.74) is 7.79. The molecule has 29 heavy (non-hydrogen) atoms. The predicted molar refractivity (Wildman–Crippen MR) is 109 cm³/mol. The summed E-state index contributed by atoms with van der Waals surface area (Å²) in [6.07, 6.45) is 0.158. The van der Waals surface area contributed by atoms with Gasteiger partial charge in [-0.25, -0.2) is 4.79 Å². The van der Waals surface area contributed by atoms with Crippen molar-refractivity contribution in [2.75, 3.05) is 0 Å². The van der Waals surface area contributed by atoms with Crippen molar-refractivity contribution in [3.8, 4) is 0 Å². The fourth-order valence-corrected chi connectivity index (χ4v) is 4.92. The largest absolute Gasteiger partial charge is 0.386 e. The normalized spacial score (nSPS) is 29.5. The fourth-order valence-electron chi connectivity index (χ4n) is 4.92. The average molecular weight is 389 g/mol. The summed E-state index contributed by atoms with van der Waals surface area (Å²) >= 11 is 0. The van der Waals surface area contributed by atoms with E-state index in [2.05, 4.69) is 10.3 Å². The number of rotatable bonds is 2. The van der Waals surface area contributed by atoms with Gasteiger partial charge in [-0.1, -0.05) is 67.1 Å². The first-order chi connectivity index (χ1) is 13.9. The van der Waals surface area contributed by atoms with Crippen LogP contribution in [0, 0.1) is 18.3 Å². The summed E-state index contributed by atoms with van der Waals surface area (Å²) in [6.45, 7) is 3.80. The Hall–Kier alpha value is -3.28. The molecule has 3 amide bonds. The van der Waals surface area contributed by atoms with Gasteiger partial charge in [0.05, 0.1) is 0 Å². The first kappa shape index (κ1) is 19.1. The predicted octanol–water partition coefficient (Wildman–Crippen LogP) is 3.06. The number of amidine groups is 1. The number of imide groups is 1. The van der Waals surface area contributed by atoms with Gasteiger partial charge >= 0.3 is 6.03 Å². The zero-order chi connectivity index (χ0) is 20.8. The maximum atomic E-state index is 13.5. The first-order valence-electron chi connectivity index (χ1n) is 9.70. The number of urea groups is 1. The Balaban J connectivity index is 2.01. The highest BCUT2D eigenvalue weighted by Crippen LogP contribution is 2.57. The van der Waals surface area contributed by atoms with Gasteiger partial charge in [0, 0.05) is 24.2 Å². The number of Topliss-reactive ketones (excluding diaryl/α,β-unsaturated/α-hetero) is 1. The Labute approximate surface area is 169 Å². The van der Waals surface area contributed by atoms with E-state index in [1.807, 2.05) is 68.4 Å². The third kappa shape index (κ3) is 2.87. The lowest BCUT2D eigenvalue weighted by atomic mass is 9.51. The quantitative estimate of drug-likeness (QED) is 0.824. The Morgan fingerprint density at radius 2 is 1.66 bits per heavy atom. The topological polar surface area (TPSA) is 102 Å². The lowest BCUT2D eigenvalue weighted by Gasteiger charge is -2.50. The van der Waals surface area contributed by atoms with Crippen LogP contribution in [0.15, 0.2) is 59.6 Å². The number of hydrogen-bond acceptors (Lipinski definition) is 4. The van der Waals surface area contributed by atoms with Gasteiger partial charge < -0.3 is 5.73 Å². The maximum Gasteiger partial charge on any atom is 0.349 e. The molecule has 6 nitrogen and oxygen atoms in total. The molecular weight excluding hydrogens is 366 g/mol. The molecule has 3 N–H and O–H groups in total. The average Bonchev–Trinajstić information content (AvgIpc) is 2.69. The minimum atomic E-state index is -1.32. The Kier molecular flexibility index (Phi) is 4.57. The van der Waals surface area contributed by atoms with Crippen LogP contribution in [0.4, 0.5) is 4.79 Å². The molecule has 148 valence electrons. The van der Waals surface area contributed by atoms with E-state index in [1.165, 1.54) is 0 Å². The van der Waals surface area contributed by atoms with Crippen molar-refractivity contribution in [2.45, 2.75) is 32.1 Å². The second-order valence-electron chi connectivity index (χ2n) is 7.94. The molecule has 1 spiro atoms. The molecule has 0 bridgehead atoms. The lowest BCUT2D eigenvalue weighted by Crippen LogP contribution is -2.64. The highest BCUT2D eigenvalue weighted by Gasteiger charge is 2.62. The highest BCUT2D eigenvalue weighted by atomic mass is 16.2. The van der Waals surface area contributed by atoms with E-state index >= 15 is 0 Å². The van der Waals surface area contributed by atoms with Crippen LogP contribution in [0.1, 0.15) is 41.9 Å². The number of aryl methyl sites for hydroxylation is 1. The molecule has 6 heteroatoms. The van der Waals surface area contributed by atoms with Gasteiger partial charge in [0.2, 0.25) is 5.91 Å². The van der Waals surface area contributed by atoms with Gasteiger partial charge in [0.15, 0.2) is 0 Å². The van der Waals surface area contributed by atoms with Gasteiger partial charge in [0.1, 0.15) is 17.0 Å². The van der Waals surface area contributed by atoms with E-state index in [9.17, 15) is 14.4 Å².